The number of nitrogens with one attached hydrogen (secondary N) is 1. The molecule has 0 saturated heterocycles. The third-order valence-electron chi connectivity index (χ3n) is 2.94. The van der Waals surface area contributed by atoms with Crippen molar-refractivity contribution in [1.82, 2.24) is 0 Å². The van der Waals surface area contributed by atoms with E-state index in [1.165, 1.54) is 12.1 Å². The maximum Gasteiger partial charge on any atom is 0.257 e. The molecule has 0 saturated carbocycles. The monoisotopic (exact) mass is 307 g/mol. The minimum atomic E-state index is -0.520. The van der Waals surface area contributed by atoms with Crippen LogP contribution in [0.15, 0.2) is 36.4 Å². The minimum Gasteiger partial charge on any atom is -0.398 e. The topological polar surface area (TPSA) is 58.4 Å². The molecule has 21 heavy (non-hydrogen) atoms. The fraction of sp³-hybridized carbons (Fsp3) is 0.133. The molecule has 0 atom stereocenters. The number of hydrogen-bond acceptors (Lipinski definition) is 3. The summed E-state index contributed by atoms with van der Waals surface area (Å²) in [5.41, 5.74) is 7.20. The van der Waals surface area contributed by atoms with E-state index in [2.05, 4.69) is 5.32 Å². The van der Waals surface area contributed by atoms with Crippen molar-refractivity contribution in [2.75, 3.05) is 30.0 Å². The van der Waals surface area contributed by atoms with Gasteiger partial charge in [-0.3, -0.25) is 4.79 Å². The number of nitrogen functional groups attached to an aromatic ring is 1. The normalized spacial score (nSPS) is 10.3. The van der Waals surface area contributed by atoms with Crippen molar-refractivity contribution in [1.29, 1.82) is 0 Å². The van der Waals surface area contributed by atoms with Gasteiger partial charge in [0.05, 0.1) is 22.0 Å². The maximum atomic E-state index is 13.3. The second kappa shape index (κ2) is 6.01. The zero-order chi connectivity index (χ0) is 15.6. The lowest BCUT2D eigenvalue weighted by Crippen LogP contribution is -2.18. The number of carbonyl (C=O) groups is 1. The van der Waals surface area contributed by atoms with E-state index in [0.29, 0.717) is 16.4 Å². The fourth-order valence-corrected chi connectivity index (χ4v) is 2.33. The van der Waals surface area contributed by atoms with E-state index in [1.54, 1.807) is 23.1 Å². The predicted octanol–water partition coefficient (Wildman–Crippen LogP) is 3.38. The Morgan fingerprint density at radius 3 is 2.67 bits per heavy atom. The third kappa shape index (κ3) is 3.25. The van der Waals surface area contributed by atoms with Crippen molar-refractivity contribution >= 4 is 34.6 Å². The Bertz CT molecular complexity index is 689. The van der Waals surface area contributed by atoms with Crippen molar-refractivity contribution < 1.29 is 9.18 Å². The van der Waals surface area contributed by atoms with E-state index in [-0.39, 0.29) is 11.3 Å². The van der Waals surface area contributed by atoms with Crippen LogP contribution in [0.2, 0.25) is 5.02 Å². The van der Waals surface area contributed by atoms with Crippen molar-refractivity contribution in [3.05, 3.63) is 52.8 Å². The van der Waals surface area contributed by atoms with Gasteiger partial charge < -0.3 is 16.0 Å². The first-order chi connectivity index (χ1) is 9.90. The van der Waals surface area contributed by atoms with Crippen molar-refractivity contribution in [2.45, 2.75) is 0 Å². The number of para-hydroxylation sites is 1. The quantitative estimate of drug-likeness (QED) is 0.855. The first-order valence-electron chi connectivity index (χ1n) is 6.22. The molecule has 4 nitrogen and oxygen atoms in total. The van der Waals surface area contributed by atoms with Crippen molar-refractivity contribution in [2.24, 2.45) is 0 Å². The number of hydrogen-bond donors (Lipinski definition) is 2. The van der Waals surface area contributed by atoms with Gasteiger partial charge >= 0.3 is 0 Å². The van der Waals surface area contributed by atoms with E-state index in [4.69, 9.17) is 17.3 Å². The summed E-state index contributed by atoms with van der Waals surface area (Å²) in [4.78, 5) is 14.0. The maximum absolute atomic E-state index is 13.3. The SMILES string of the molecule is CN(C)c1c(Cl)cccc1NC(=O)c1cc(F)ccc1N. The molecule has 0 bridgehead atoms. The highest BCUT2D eigenvalue weighted by molar-refractivity contribution is 6.34. The molecule has 2 rings (SSSR count). The summed E-state index contributed by atoms with van der Waals surface area (Å²) >= 11 is 6.13. The fourth-order valence-electron chi connectivity index (χ4n) is 1.99. The highest BCUT2D eigenvalue weighted by Crippen LogP contribution is 2.33. The molecule has 0 aliphatic heterocycles. The van der Waals surface area contributed by atoms with Crippen LogP contribution in [0.3, 0.4) is 0 Å². The van der Waals surface area contributed by atoms with Crippen LogP contribution in [-0.4, -0.2) is 20.0 Å². The molecular formula is C15H15ClFN3O. The first kappa shape index (κ1) is 15.1. The average molecular weight is 308 g/mol. The Morgan fingerprint density at radius 2 is 2.00 bits per heavy atom. The Balaban J connectivity index is 2.36. The van der Waals surface area contributed by atoms with Crippen molar-refractivity contribution in [3.63, 3.8) is 0 Å². The van der Waals surface area contributed by atoms with Gasteiger partial charge in [0.1, 0.15) is 5.82 Å². The predicted molar refractivity (Wildman–Crippen MR) is 84.5 cm³/mol. The van der Waals surface area contributed by atoms with Gasteiger partial charge in [-0.05, 0) is 30.3 Å². The van der Waals surface area contributed by atoms with Gasteiger partial charge in [-0.2, -0.15) is 0 Å². The molecule has 0 spiro atoms. The van der Waals surface area contributed by atoms with Crippen LogP contribution in [0.25, 0.3) is 0 Å². The Morgan fingerprint density at radius 1 is 1.29 bits per heavy atom. The van der Waals surface area contributed by atoms with Gasteiger partial charge in [0.15, 0.2) is 0 Å². The van der Waals surface area contributed by atoms with Gasteiger partial charge in [0.2, 0.25) is 0 Å². The van der Waals surface area contributed by atoms with Gasteiger partial charge in [0.25, 0.3) is 5.91 Å². The molecule has 3 N–H and O–H groups in total. The van der Waals surface area contributed by atoms with Gasteiger partial charge in [0, 0.05) is 19.8 Å². The second-order valence-electron chi connectivity index (χ2n) is 4.72. The van der Waals surface area contributed by atoms with Crippen LogP contribution in [0.5, 0.6) is 0 Å². The molecule has 0 radical (unpaired) electrons. The summed E-state index contributed by atoms with van der Waals surface area (Å²) in [7, 11) is 3.63. The van der Waals surface area contributed by atoms with Gasteiger partial charge in [-0.15, -0.1) is 0 Å². The van der Waals surface area contributed by atoms with E-state index in [0.717, 1.165) is 6.07 Å². The second-order valence-corrected chi connectivity index (χ2v) is 5.12. The van der Waals surface area contributed by atoms with E-state index < -0.39 is 11.7 Å². The number of halogens is 2. The van der Waals surface area contributed by atoms with Crippen molar-refractivity contribution in [3.8, 4) is 0 Å². The summed E-state index contributed by atoms with van der Waals surface area (Å²) in [5, 5.41) is 3.21. The van der Waals surface area contributed by atoms with Crippen LogP contribution >= 0.6 is 11.6 Å². The Labute approximate surface area is 127 Å². The van der Waals surface area contributed by atoms with Crippen LogP contribution in [0.4, 0.5) is 21.5 Å². The average Bonchev–Trinajstić information content (AvgIpc) is 2.41. The molecule has 6 heteroatoms. The Kier molecular flexibility index (Phi) is 4.33. The molecule has 0 fully saturated rings. The van der Waals surface area contributed by atoms with Gasteiger partial charge in [-0.25, -0.2) is 4.39 Å². The summed E-state index contributed by atoms with van der Waals surface area (Å²) < 4.78 is 13.3. The highest BCUT2D eigenvalue weighted by atomic mass is 35.5. The van der Waals surface area contributed by atoms with Crippen LogP contribution in [0, 0.1) is 5.82 Å². The number of amides is 1. The molecule has 2 aromatic rings. The van der Waals surface area contributed by atoms with Crippen LogP contribution in [0.1, 0.15) is 10.4 Å². The minimum absolute atomic E-state index is 0.0830. The standard InChI is InChI=1S/C15H15ClFN3O/c1-20(2)14-11(16)4-3-5-13(14)19-15(21)10-8-9(17)6-7-12(10)18/h3-8H,18H2,1-2H3,(H,19,21). The number of carbonyl (C=O) groups excluding carboxylic acids is 1. The third-order valence-corrected chi connectivity index (χ3v) is 3.25. The summed E-state index contributed by atoms with van der Waals surface area (Å²) in [6.07, 6.45) is 0. The lowest BCUT2D eigenvalue weighted by atomic mass is 10.1. The molecule has 0 aliphatic carbocycles. The zero-order valence-electron chi connectivity index (χ0n) is 11.7. The largest absolute Gasteiger partial charge is 0.398 e. The number of nitrogens with two attached hydrogens (primary N) is 1. The summed E-state index contributed by atoms with van der Waals surface area (Å²) in [6.45, 7) is 0. The number of benzene rings is 2. The molecule has 0 unspecified atom stereocenters. The van der Waals surface area contributed by atoms with Crippen LogP contribution in [-0.2, 0) is 0 Å². The Hall–Kier alpha value is -2.27. The lowest BCUT2D eigenvalue weighted by molar-refractivity contribution is 0.102. The number of anilines is 3. The van der Waals surface area contributed by atoms with E-state index >= 15 is 0 Å². The summed E-state index contributed by atoms with van der Waals surface area (Å²) in [5.74, 6) is -1.01. The van der Waals surface area contributed by atoms with E-state index in [1.807, 2.05) is 14.1 Å². The zero-order valence-corrected chi connectivity index (χ0v) is 12.4. The van der Waals surface area contributed by atoms with E-state index in [9.17, 15) is 9.18 Å². The lowest BCUT2D eigenvalue weighted by Gasteiger charge is -2.19. The molecule has 0 heterocycles. The van der Waals surface area contributed by atoms with Gasteiger partial charge in [-0.1, -0.05) is 17.7 Å². The molecule has 0 aromatic heterocycles. The summed E-state index contributed by atoms with van der Waals surface area (Å²) in [6, 6.07) is 8.83. The van der Waals surface area contributed by atoms with Crippen LogP contribution < -0.4 is 16.0 Å². The number of nitrogens with zero attached hydrogens (tertiary/aromatic N) is 1. The molecule has 2 aromatic carbocycles. The highest BCUT2D eigenvalue weighted by Gasteiger charge is 2.15. The number of rotatable bonds is 3. The first-order valence-corrected chi connectivity index (χ1v) is 6.60. The molecule has 110 valence electrons. The smallest absolute Gasteiger partial charge is 0.257 e. The molecule has 0 aliphatic rings. The molecule has 1 amide bonds. The molecular weight excluding hydrogens is 293 g/mol.